The summed E-state index contributed by atoms with van der Waals surface area (Å²) in [6.07, 6.45) is 0. The van der Waals surface area contributed by atoms with Crippen molar-refractivity contribution < 1.29 is 93.0 Å². The molecule has 0 unspecified atom stereocenters. The first-order valence-electron chi connectivity index (χ1n) is 4.81. The van der Waals surface area contributed by atoms with Crippen molar-refractivity contribution >= 4 is 31.0 Å². The summed E-state index contributed by atoms with van der Waals surface area (Å²) in [4.78, 5) is -1.24. The van der Waals surface area contributed by atoms with Gasteiger partial charge in [-0.05, 0) is 12.1 Å². The minimum Gasteiger partial charge on any atom is -1.00 e. The van der Waals surface area contributed by atoms with Crippen LogP contribution in [0.1, 0.15) is 2.85 Å². The molecule has 0 atom stereocenters. The SMILES string of the molecule is O=S(=O)(O)c1cc(O)c2cccc(S(=O)(=O)O)c2c1.[H-].[H-].[Na+].[Na+]. The molecule has 0 spiro atoms. The number of fused-ring (bicyclic) bond motifs is 1. The molecule has 21 heavy (non-hydrogen) atoms. The van der Waals surface area contributed by atoms with Crippen LogP contribution in [0.4, 0.5) is 0 Å². The van der Waals surface area contributed by atoms with Crippen molar-refractivity contribution in [2.24, 2.45) is 0 Å². The molecule has 106 valence electrons. The van der Waals surface area contributed by atoms with Gasteiger partial charge in [0.15, 0.2) is 0 Å². The molecule has 3 N–H and O–H groups in total. The summed E-state index contributed by atoms with van der Waals surface area (Å²) in [5.41, 5.74) is 0. The number of phenols is 1. The van der Waals surface area contributed by atoms with Crippen LogP contribution in [0.3, 0.4) is 0 Å². The summed E-state index contributed by atoms with van der Waals surface area (Å²) in [6.45, 7) is 0. The average molecular weight is 352 g/mol. The summed E-state index contributed by atoms with van der Waals surface area (Å²) in [5.74, 6) is -0.532. The Kier molecular flexibility index (Phi) is 7.37. The van der Waals surface area contributed by atoms with E-state index in [0.29, 0.717) is 0 Å². The number of hydrogen-bond acceptors (Lipinski definition) is 5. The predicted molar refractivity (Wildman–Crippen MR) is 67.5 cm³/mol. The van der Waals surface area contributed by atoms with E-state index < -0.39 is 35.8 Å². The van der Waals surface area contributed by atoms with E-state index in [9.17, 15) is 21.9 Å². The maximum atomic E-state index is 11.2. The van der Waals surface area contributed by atoms with Gasteiger partial charge in [-0.2, -0.15) is 16.8 Å². The molecule has 0 aliphatic rings. The minimum absolute atomic E-state index is 0. The molecule has 0 aliphatic carbocycles. The number of phenolic OH excluding ortho intramolecular Hbond substituents is 1. The van der Waals surface area contributed by atoms with Crippen molar-refractivity contribution in [3.63, 3.8) is 0 Å². The molecule has 0 fully saturated rings. The van der Waals surface area contributed by atoms with E-state index in [0.717, 1.165) is 18.2 Å². The second-order valence-electron chi connectivity index (χ2n) is 3.74. The monoisotopic (exact) mass is 352 g/mol. The molecule has 0 saturated carbocycles. The molecule has 0 heterocycles. The molecule has 0 bridgehead atoms. The van der Waals surface area contributed by atoms with Crippen LogP contribution in [0.2, 0.25) is 0 Å². The van der Waals surface area contributed by atoms with Gasteiger partial charge in [0.05, 0.1) is 4.90 Å². The Morgan fingerprint density at radius 1 is 0.857 bits per heavy atom. The van der Waals surface area contributed by atoms with Crippen LogP contribution < -0.4 is 59.1 Å². The fraction of sp³-hybridized carbons (Fsp3) is 0. The zero-order valence-electron chi connectivity index (χ0n) is 13.2. The number of benzene rings is 2. The van der Waals surface area contributed by atoms with E-state index in [-0.39, 0.29) is 72.7 Å². The van der Waals surface area contributed by atoms with E-state index in [1.54, 1.807) is 0 Å². The van der Waals surface area contributed by atoms with E-state index >= 15 is 0 Å². The summed E-state index contributed by atoms with van der Waals surface area (Å²) >= 11 is 0. The van der Waals surface area contributed by atoms with Gasteiger partial charge in [0.2, 0.25) is 0 Å². The van der Waals surface area contributed by atoms with E-state index in [1.165, 1.54) is 12.1 Å². The molecule has 2 rings (SSSR count). The molecule has 11 heteroatoms. The molecule has 0 amide bonds. The van der Waals surface area contributed by atoms with Crippen LogP contribution in [-0.2, 0) is 20.2 Å². The minimum atomic E-state index is -4.62. The third-order valence-corrected chi connectivity index (χ3v) is 4.23. The first-order chi connectivity index (χ1) is 8.60. The fourth-order valence-electron chi connectivity index (χ4n) is 1.69. The van der Waals surface area contributed by atoms with Gasteiger partial charge in [-0.25, -0.2) is 0 Å². The van der Waals surface area contributed by atoms with Crippen molar-refractivity contribution in [1.29, 1.82) is 0 Å². The smallest absolute Gasteiger partial charge is 1.00 e. The predicted octanol–water partition coefficient (Wildman–Crippen LogP) is -4.73. The Morgan fingerprint density at radius 2 is 1.43 bits per heavy atom. The molecule has 0 aliphatic heterocycles. The summed E-state index contributed by atoms with van der Waals surface area (Å²) in [7, 11) is -9.21. The third kappa shape index (κ3) is 4.64. The van der Waals surface area contributed by atoms with Crippen molar-refractivity contribution in [2.75, 3.05) is 0 Å². The molecule has 2 aromatic carbocycles. The summed E-state index contributed by atoms with van der Waals surface area (Å²) < 4.78 is 62.4. The van der Waals surface area contributed by atoms with E-state index in [1.807, 2.05) is 0 Å². The van der Waals surface area contributed by atoms with E-state index in [4.69, 9.17) is 9.11 Å². The zero-order valence-corrected chi connectivity index (χ0v) is 16.8. The van der Waals surface area contributed by atoms with Gasteiger partial charge in [0, 0.05) is 16.8 Å². The standard InChI is InChI=1S/C10H8O7S2.2Na.2H/c11-9-5-6(18(12,13)14)4-8-7(9)2-1-3-10(8)19(15,16)17;;;;/h1-5,11H,(H,12,13,14)(H,15,16,17);;;;/q;2*+1;2*-1. The largest absolute Gasteiger partial charge is 1.00 e. The summed E-state index contributed by atoms with van der Waals surface area (Å²) in [6, 6.07) is 5.30. The van der Waals surface area contributed by atoms with Crippen LogP contribution >= 0.6 is 0 Å². The van der Waals surface area contributed by atoms with Crippen LogP contribution in [0, 0.1) is 0 Å². The van der Waals surface area contributed by atoms with Gasteiger partial charge >= 0.3 is 59.1 Å². The Labute approximate surface area is 168 Å². The molecule has 0 aromatic heterocycles. The molecular weight excluding hydrogens is 342 g/mol. The number of hydrogen-bond donors (Lipinski definition) is 3. The average Bonchev–Trinajstić information content (AvgIpc) is 2.25. The second-order valence-corrected chi connectivity index (χ2v) is 6.56. The van der Waals surface area contributed by atoms with Crippen LogP contribution in [0.15, 0.2) is 40.1 Å². The number of rotatable bonds is 2. The Hall–Kier alpha value is 0.320. The van der Waals surface area contributed by atoms with Crippen molar-refractivity contribution in [3.05, 3.63) is 30.3 Å². The van der Waals surface area contributed by atoms with Crippen LogP contribution in [0.5, 0.6) is 5.75 Å². The van der Waals surface area contributed by atoms with E-state index in [2.05, 4.69) is 0 Å². The first-order valence-corrected chi connectivity index (χ1v) is 7.69. The van der Waals surface area contributed by atoms with Gasteiger partial charge in [-0.1, -0.05) is 12.1 Å². The molecule has 0 radical (unpaired) electrons. The first kappa shape index (κ1) is 21.3. The normalized spacial score (nSPS) is 11.5. The Bertz CT molecular complexity index is 885. The Morgan fingerprint density at radius 3 is 1.90 bits per heavy atom. The van der Waals surface area contributed by atoms with Gasteiger partial charge < -0.3 is 7.96 Å². The third-order valence-electron chi connectivity index (χ3n) is 2.48. The maximum absolute atomic E-state index is 11.2. The molecular formula is C10H10Na2O7S2. The van der Waals surface area contributed by atoms with Crippen LogP contribution in [-0.4, -0.2) is 31.0 Å². The van der Waals surface area contributed by atoms with Gasteiger partial charge in [-0.3, -0.25) is 9.11 Å². The van der Waals surface area contributed by atoms with Crippen LogP contribution in [0.25, 0.3) is 10.8 Å². The number of aromatic hydroxyl groups is 1. The van der Waals surface area contributed by atoms with Gasteiger partial charge in [0.1, 0.15) is 10.6 Å². The maximum Gasteiger partial charge on any atom is 1.00 e. The van der Waals surface area contributed by atoms with Crippen molar-refractivity contribution in [3.8, 4) is 5.75 Å². The Balaban J connectivity index is -0.000001000. The van der Waals surface area contributed by atoms with Gasteiger partial charge in [-0.15, -0.1) is 0 Å². The fourth-order valence-corrected chi connectivity index (χ4v) is 2.91. The quantitative estimate of drug-likeness (QED) is 0.366. The van der Waals surface area contributed by atoms with Gasteiger partial charge in [0.25, 0.3) is 20.2 Å². The molecule has 0 saturated heterocycles. The zero-order chi connectivity index (χ0) is 14.4. The topological polar surface area (TPSA) is 129 Å². The summed E-state index contributed by atoms with van der Waals surface area (Å²) in [5, 5.41) is 9.47. The second kappa shape index (κ2) is 7.26. The van der Waals surface area contributed by atoms with Crippen molar-refractivity contribution in [1.82, 2.24) is 0 Å². The molecule has 2 aromatic rings. The molecule has 7 nitrogen and oxygen atoms in total. The van der Waals surface area contributed by atoms with Crippen molar-refractivity contribution in [2.45, 2.75) is 9.79 Å².